The van der Waals surface area contributed by atoms with Gasteiger partial charge in [-0.3, -0.25) is 9.59 Å². The third-order valence-corrected chi connectivity index (χ3v) is 4.73. The van der Waals surface area contributed by atoms with Crippen LogP contribution in [0.25, 0.3) is 0 Å². The van der Waals surface area contributed by atoms with Crippen molar-refractivity contribution in [1.82, 2.24) is 5.32 Å². The number of fused-ring (bicyclic) bond motifs is 2. The number of hydrogen-bond donors (Lipinski definition) is 1. The number of nitrogens with one attached hydrogen (secondary N) is 1. The number of para-hydroxylation sites is 2. The fourth-order valence-corrected chi connectivity index (χ4v) is 3.56. The molecule has 146 valence electrons. The lowest BCUT2D eigenvalue weighted by Gasteiger charge is -2.30. The number of carbonyl (C=O) groups excluding carboxylic acids is 2. The minimum Gasteiger partial charge on any atom is -0.494 e. The number of amides is 2. The highest BCUT2D eigenvalue weighted by molar-refractivity contribution is 6.06. The molecule has 0 saturated carbocycles. The van der Waals surface area contributed by atoms with Crippen molar-refractivity contribution in [2.75, 3.05) is 24.7 Å². The smallest absolute Gasteiger partial charge is 0.254 e. The maximum absolute atomic E-state index is 13.1. The number of carbonyl (C=O) groups is 2. The second kappa shape index (κ2) is 7.42. The summed E-state index contributed by atoms with van der Waals surface area (Å²) in [6, 6.07) is 12.2. The van der Waals surface area contributed by atoms with Crippen LogP contribution in [0, 0.1) is 0 Å². The van der Waals surface area contributed by atoms with Crippen molar-refractivity contribution in [2.24, 2.45) is 0 Å². The molecule has 2 atom stereocenters. The summed E-state index contributed by atoms with van der Waals surface area (Å²) >= 11 is 0. The molecule has 2 amide bonds. The highest BCUT2D eigenvalue weighted by Crippen LogP contribution is 2.39. The number of rotatable bonds is 5. The quantitative estimate of drug-likeness (QED) is 0.860. The van der Waals surface area contributed by atoms with Crippen LogP contribution < -0.4 is 24.4 Å². The molecule has 2 aliphatic rings. The van der Waals surface area contributed by atoms with Crippen LogP contribution in [0.3, 0.4) is 0 Å². The Hall–Kier alpha value is -3.22. The summed E-state index contributed by atoms with van der Waals surface area (Å²) in [6.45, 7) is 4.49. The van der Waals surface area contributed by atoms with Crippen LogP contribution in [0.1, 0.15) is 25.5 Å². The van der Waals surface area contributed by atoms with Crippen LogP contribution in [0.4, 0.5) is 5.69 Å². The minimum absolute atomic E-state index is 0.193. The Balaban J connectivity index is 1.59. The van der Waals surface area contributed by atoms with Crippen molar-refractivity contribution >= 4 is 17.5 Å². The average Bonchev–Trinajstić information content (AvgIpc) is 2.93. The van der Waals surface area contributed by atoms with Gasteiger partial charge in [-0.25, -0.2) is 0 Å². The summed E-state index contributed by atoms with van der Waals surface area (Å²) in [4.78, 5) is 26.3. The molecule has 2 aromatic rings. The van der Waals surface area contributed by atoms with Gasteiger partial charge < -0.3 is 24.4 Å². The molecule has 7 nitrogen and oxygen atoms in total. The molecular weight excluding hydrogens is 360 g/mol. The van der Waals surface area contributed by atoms with Crippen molar-refractivity contribution in [3.05, 3.63) is 48.0 Å². The summed E-state index contributed by atoms with van der Waals surface area (Å²) < 4.78 is 17.3. The molecule has 4 rings (SSSR count). The van der Waals surface area contributed by atoms with Gasteiger partial charge in [0, 0.05) is 18.2 Å². The van der Waals surface area contributed by atoms with Crippen molar-refractivity contribution in [2.45, 2.75) is 26.0 Å². The van der Waals surface area contributed by atoms with Gasteiger partial charge in [-0.15, -0.1) is 0 Å². The zero-order valence-electron chi connectivity index (χ0n) is 15.8. The molecule has 0 fully saturated rings. The lowest BCUT2D eigenvalue weighted by Crippen LogP contribution is -2.44. The lowest BCUT2D eigenvalue weighted by atomic mass is 10.1. The van der Waals surface area contributed by atoms with Crippen LogP contribution in [0.15, 0.2) is 42.5 Å². The Morgan fingerprint density at radius 2 is 2.04 bits per heavy atom. The van der Waals surface area contributed by atoms with Gasteiger partial charge in [0.1, 0.15) is 18.4 Å². The number of ether oxygens (including phenoxy) is 3. The van der Waals surface area contributed by atoms with Gasteiger partial charge in [-0.1, -0.05) is 12.1 Å². The maximum Gasteiger partial charge on any atom is 0.254 e. The van der Waals surface area contributed by atoms with E-state index in [0.717, 1.165) is 11.3 Å². The summed E-state index contributed by atoms with van der Waals surface area (Å²) in [5, 5.41) is 2.74. The van der Waals surface area contributed by atoms with E-state index in [1.54, 1.807) is 4.90 Å². The van der Waals surface area contributed by atoms with E-state index in [-0.39, 0.29) is 17.9 Å². The van der Waals surface area contributed by atoms with Crippen molar-refractivity contribution < 1.29 is 23.8 Å². The van der Waals surface area contributed by atoms with E-state index in [1.807, 2.05) is 49.4 Å². The largest absolute Gasteiger partial charge is 0.494 e. The predicted octanol–water partition coefficient (Wildman–Crippen LogP) is 2.45. The first kappa shape index (κ1) is 18.2. The summed E-state index contributed by atoms with van der Waals surface area (Å²) in [6.07, 6.45) is -0.311. The first-order valence-corrected chi connectivity index (χ1v) is 9.30. The Labute approximate surface area is 163 Å². The lowest BCUT2D eigenvalue weighted by molar-refractivity contribution is -0.126. The molecular formula is C21H22N2O5. The van der Waals surface area contributed by atoms with E-state index >= 15 is 0 Å². The number of anilines is 1. The van der Waals surface area contributed by atoms with Gasteiger partial charge in [-0.05, 0) is 37.3 Å². The summed E-state index contributed by atoms with van der Waals surface area (Å²) in [5.41, 5.74) is 1.47. The number of nitrogens with zero attached hydrogens (tertiary/aromatic N) is 1. The van der Waals surface area contributed by atoms with Gasteiger partial charge in [0.25, 0.3) is 5.91 Å². The Morgan fingerprint density at radius 1 is 1.25 bits per heavy atom. The SMILES string of the molecule is CCOc1ccc2c(c1)[C@@H](NC(C)=O)C(=O)N2C[C@@H]1COc2ccccc2O1. The van der Waals surface area contributed by atoms with E-state index in [4.69, 9.17) is 14.2 Å². The van der Waals surface area contributed by atoms with Crippen LogP contribution in [-0.2, 0) is 9.59 Å². The highest BCUT2D eigenvalue weighted by atomic mass is 16.6. The van der Waals surface area contributed by atoms with Crippen LogP contribution in [0.2, 0.25) is 0 Å². The second-order valence-corrected chi connectivity index (χ2v) is 6.73. The standard InChI is InChI=1S/C21H22N2O5/c1-3-26-14-8-9-17-16(10-14)20(22-13(2)24)21(25)23(17)11-15-12-27-18-6-4-5-7-19(18)28-15/h4-10,15,20H,3,11-12H2,1-2H3,(H,22,24)/t15-,20-/m1/s1. The zero-order valence-corrected chi connectivity index (χ0v) is 15.8. The Morgan fingerprint density at radius 3 is 2.79 bits per heavy atom. The van der Waals surface area contributed by atoms with E-state index in [9.17, 15) is 9.59 Å². The minimum atomic E-state index is -0.732. The van der Waals surface area contributed by atoms with Gasteiger partial charge in [-0.2, -0.15) is 0 Å². The molecule has 7 heteroatoms. The van der Waals surface area contributed by atoms with Crippen LogP contribution in [0.5, 0.6) is 17.2 Å². The zero-order chi connectivity index (χ0) is 19.7. The molecule has 28 heavy (non-hydrogen) atoms. The molecule has 2 heterocycles. The molecule has 0 aliphatic carbocycles. The van der Waals surface area contributed by atoms with Gasteiger partial charge in [0.15, 0.2) is 17.6 Å². The monoisotopic (exact) mass is 382 g/mol. The summed E-state index contributed by atoms with van der Waals surface area (Å²) in [7, 11) is 0. The molecule has 0 spiro atoms. The highest BCUT2D eigenvalue weighted by Gasteiger charge is 2.40. The Kier molecular flexibility index (Phi) is 4.81. The number of hydrogen-bond acceptors (Lipinski definition) is 5. The topological polar surface area (TPSA) is 77.1 Å². The van der Waals surface area contributed by atoms with Crippen molar-refractivity contribution in [3.63, 3.8) is 0 Å². The Bertz CT molecular complexity index is 913. The van der Waals surface area contributed by atoms with Crippen molar-refractivity contribution in [3.8, 4) is 17.2 Å². The third-order valence-electron chi connectivity index (χ3n) is 4.73. The molecule has 0 radical (unpaired) electrons. The van der Waals surface area contributed by atoms with Crippen LogP contribution >= 0.6 is 0 Å². The third kappa shape index (κ3) is 3.35. The molecule has 2 aliphatic heterocycles. The van der Waals surface area contributed by atoms with E-state index < -0.39 is 6.04 Å². The van der Waals surface area contributed by atoms with Gasteiger partial charge >= 0.3 is 0 Å². The first-order valence-electron chi connectivity index (χ1n) is 9.30. The molecule has 0 saturated heterocycles. The normalized spacial score (nSPS) is 19.9. The maximum atomic E-state index is 13.1. The fourth-order valence-electron chi connectivity index (χ4n) is 3.56. The number of benzene rings is 2. The molecule has 0 unspecified atom stereocenters. The average molecular weight is 382 g/mol. The van der Waals surface area contributed by atoms with E-state index in [1.165, 1.54) is 6.92 Å². The van der Waals surface area contributed by atoms with Crippen LogP contribution in [-0.4, -0.2) is 37.7 Å². The molecule has 2 aromatic carbocycles. The molecule has 1 N–H and O–H groups in total. The first-order chi connectivity index (χ1) is 13.6. The van der Waals surface area contributed by atoms with Crippen molar-refractivity contribution in [1.29, 1.82) is 0 Å². The van der Waals surface area contributed by atoms with E-state index in [0.29, 0.717) is 37.0 Å². The predicted molar refractivity (Wildman–Crippen MR) is 103 cm³/mol. The molecule has 0 aromatic heterocycles. The van der Waals surface area contributed by atoms with Gasteiger partial charge in [0.05, 0.1) is 13.2 Å². The van der Waals surface area contributed by atoms with Gasteiger partial charge in [0.2, 0.25) is 5.91 Å². The second-order valence-electron chi connectivity index (χ2n) is 6.73. The molecule has 0 bridgehead atoms. The van der Waals surface area contributed by atoms with E-state index in [2.05, 4.69) is 5.32 Å². The summed E-state index contributed by atoms with van der Waals surface area (Å²) in [5.74, 6) is 1.57. The fraction of sp³-hybridized carbons (Fsp3) is 0.333.